The Morgan fingerprint density at radius 2 is 0.431 bits per heavy atom. The highest BCUT2D eigenvalue weighted by atomic mass is 28.4. The van der Waals surface area contributed by atoms with Gasteiger partial charge in [-0.05, 0) is 32.1 Å². The van der Waals surface area contributed by atoms with Crippen LogP contribution in [0.5, 0.6) is 0 Å². The largest absolute Gasteiger partial charge is 0.501 e. The Hall–Kier alpha value is -1.77. The van der Waals surface area contributed by atoms with Crippen LogP contribution in [0.4, 0.5) is 0 Å². The van der Waals surface area contributed by atoms with E-state index in [0.29, 0.717) is 36.7 Å². The first-order valence-electron chi connectivity index (χ1n) is 43.9. The van der Waals surface area contributed by atoms with Gasteiger partial charge in [-0.2, -0.15) is 0 Å². The number of hydrogen-bond donors (Lipinski definition) is 9. The van der Waals surface area contributed by atoms with E-state index in [1.807, 2.05) is 0 Å². The molecule has 0 bridgehead atoms. The molecule has 0 aromatic carbocycles. The molecule has 0 aromatic rings. The van der Waals surface area contributed by atoms with Crippen LogP contribution >= 0.6 is 0 Å². The summed E-state index contributed by atoms with van der Waals surface area (Å²) in [6, 6.07) is 0.118. The van der Waals surface area contributed by atoms with Gasteiger partial charge in [0.1, 0.15) is 16.6 Å². The van der Waals surface area contributed by atoms with E-state index < -0.39 is 84.9 Å². The lowest BCUT2D eigenvalue weighted by atomic mass is 10.0. The maximum Gasteiger partial charge on any atom is 0.501 e. The second-order valence-electron chi connectivity index (χ2n) is 32.5. The van der Waals surface area contributed by atoms with Crippen molar-refractivity contribution in [3.05, 3.63) is 0 Å². The lowest BCUT2D eigenvalue weighted by Gasteiger charge is -2.41. The van der Waals surface area contributed by atoms with Crippen LogP contribution in [-0.2, 0) is 27.7 Å². The van der Waals surface area contributed by atoms with E-state index in [2.05, 4.69) is 57.7 Å². The predicted molar refractivity (Wildman–Crippen MR) is 430 cm³/mol. The van der Waals surface area contributed by atoms with Crippen LogP contribution in [0.15, 0.2) is 0 Å². The van der Waals surface area contributed by atoms with Gasteiger partial charge >= 0.3 is 8.80 Å². The second-order valence-corrected chi connectivity index (χ2v) is 35.2. The molecule has 0 rings (SSSR count). The van der Waals surface area contributed by atoms with Gasteiger partial charge < -0.3 is 64.4 Å². The van der Waals surface area contributed by atoms with Gasteiger partial charge in [-0.3, -0.25) is 14.4 Å². The number of aliphatic hydroxyl groups excluding tert-OH is 6. The van der Waals surface area contributed by atoms with Crippen LogP contribution < -0.4 is 16.0 Å². The average Bonchev–Trinajstić information content (AvgIpc) is 0.808. The molecule has 0 heterocycles. The summed E-state index contributed by atoms with van der Waals surface area (Å²) in [6.45, 7) is 5.04. The van der Waals surface area contributed by atoms with Crippen LogP contribution in [0, 0.1) is 0 Å². The molecule has 0 aliphatic heterocycles. The van der Waals surface area contributed by atoms with Gasteiger partial charge in [0.2, 0.25) is 17.7 Å². The van der Waals surface area contributed by atoms with Crippen molar-refractivity contribution in [2.45, 2.75) is 442 Å². The highest BCUT2D eigenvalue weighted by molar-refractivity contribution is 6.60. The van der Waals surface area contributed by atoms with E-state index >= 15 is 0 Å². The molecule has 0 saturated heterocycles. The number of nitrogens with zero attached hydrogens (tertiary/aromatic N) is 1. The first-order valence-corrected chi connectivity index (χ1v) is 45.9. The molecule has 3 amide bonds. The molecular weight excluding hydrogens is 1300 g/mol. The number of quaternary nitrogens is 1. The van der Waals surface area contributed by atoms with E-state index in [1.54, 1.807) is 0 Å². The molecule has 0 aliphatic carbocycles. The summed E-state index contributed by atoms with van der Waals surface area (Å²) in [4.78, 5) is 41.5. The van der Waals surface area contributed by atoms with Gasteiger partial charge in [0.05, 0.1) is 86.6 Å². The van der Waals surface area contributed by atoms with Gasteiger partial charge in [-0.15, -0.1) is 0 Å². The van der Waals surface area contributed by atoms with E-state index in [4.69, 9.17) is 13.3 Å². The average molecular weight is 1470 g/mol. The van der Waals surface area contributed by atoms with Crippen molar-refractivity contribution in [2.75, 3.05) is 86.6 Å². The molecule has 0 radical (unpaired) electrons. The highest BCUT2D eigenvalue weighted by Gasteiger charge is 2.49. The normalized spacial score (nSPS) is 12.5. The van der Waals surface area contributed by atoms with Crippen molar-refractivity contribution in [1.82, 2.24) is 16.0 Å². The lowest BCUT2D eigenvalue weighted by Crippen LogP contribution is -2.64. The summed E-state index contributed by atoms with van der Waals surface area (Å²) in [5.41, 5.74) is -5.08. The molecule has 0 fully saturated rings. The van der Waals surface area contributed by atoms with Crippen LogP contribution in [0.1, 0.15) is 419 Å². The van der Waals surface area contributed by atoms with E-state index in [1.165, 1.54) is 276 Å². The van der Waals surface area contributed by atoms with Crippen LogP contribution in [0.2, 0.25) is 6.04 Å². The molecule has 9 N–H and O–H groups in total. The Bertz CT molecular complexity index is 1660. The zero-order valence-electron chi connectivity index (χ0n) is 68.2. The highest BCUT2D eigenvalue weighted by Crippen LogP contribution is 2.27. The third kappa shape index (κ3) is 58.3. The topological polar surface area (TPSA) is 236 Å². The first kappa shape index (κ1) is 100. The van der Waals surface area contributed by atoms with Gasteiger partial charge in [0.15, 0.2) is 0 Å². The minimum atomic E-state index is -4.37. The van der Waals surface area contributed by atoms with Crippen molar-refractivity contribution in [3.8, 4) is 0 Å². The monoisotopic (exact) mass is 1470 g/mol. The number of aliphatic hydroxyl groups is 6. The van der Waals surface area contributed by atoms with Crippen LogP contribution in [0.25, 0.3) is 0 Å². The molecule has 0 atom stereocenters. The maximum atomic E-state index is 13.8. The van der Waals surface area contributed by atoms with Crippen molar-refractivity contribution in [2.24, 2.45) is 0 Å². The SMILES string of the molecule is CCCCCCCCCCCCCCCCCC(=O)NC(CO)(CO)CO[Si](CCC[N+](C)(C)CCCCCCCCCCCCCC)(OCC(CO)(CO)NC(=O)CCCCCCCCCCCCCCCCC)OCC(CO)(CO)NC(=O)CCCCCCCCCCCCCCCCC. The Balaban J connectivity index is 6.60. The Labute approximate surface area is 630 Å². The molecule has 608 valence electrons. The Morgan fingerprint density at radius 1 is 0.265 bits per heavy atom. The quantitative estimate of drug-likeness (QED) is 0.0157. The number of hydrogen-bond acceptors (Lipinski definition) is 12. The van der Waals surface area contributed by atoms with E-state index in [-0.39, 0.29) is 43.0 Å². The van der Waals surface area contributed by atoms with Crippen LogP contribution in [-0.4, -0.2) is 165 Å². The molecule has 0 saturated carbocycles. The lowest BCUT2D eigenvalue weighted by molar-refractivity contribution is -0.890. The molecule has 17 heteroatoms. The maximum absolute atomic E-state index is 13.8. The number of rotatable bonds is 83. The molecule has 0 aromatic heterocycles. The number of amides is 3. The van der Waals surface area contributed by atoms with Gasteiger partial charge in [-0.1, -0.05) is 362 Å². The summed E-state index contributed by atoms with van der Waals surface area (Å²) in [5.74, 6) is -1.06. The zero-order valence-corrected chi connectivity index (χ0v) is 69.2. The third-order valence-corrected chi connectivity index (χ3v) is 24.3. The van der Waals surface area contributed by atoms with Gasteiger partial charge in [-0.25, -0.2) is 0 Å². The Morgan fingerprint density at radius 3 is 0.618 bits per heavy atom. The number of unbranched alkanes of at least 4 members (excludes halogenated alkanes) is 53. The minimum absolute atomic E-state index is 0.118. The smallest absolute Gasteiger partial charge is 0.394 e. The second kappa shape index (κ2) is 70.9. The number of carbonyl (C=O) groups is 3. The number of nitrogens with one attached hydrogen (secondary N) is 3. The molecule has 16 nitrogen and oxygen atoms in total. The minimum Gasteiger partial charge on any atom is -0.394 e. The van der Waals surface area contributed by atoms with Crippen LogP contribution in [0.3, 0.4) is 0 Å². The fourth-order valence-electron chi connectivity index (χ4n) is 14.1. The standard InChI is InChI=1S/C85H172N4O12Si/c1-7-11-15-19-23-27-31-35-38-41-44-48-52-56-60-65-80(96)86-83(71-90,72-91)77-99-102(70-64-69-89(5,6)68-63-59-55-51-47-34-30-26-22-18-14-10-4,100-78-84(73-92,74-93)87-81(97)66-61-57-53-49-45-42-39-36-32-28-24-20-16-12-8-2)101-79-85(75-94,76-95)88-82(98)67-62-58-54-50-46-43-40-37-33-29-25-21-17-13-9-3/h90-95H,7-79H2,1-6H3,(H2-,86,87,88,96,97,98)/p+1. The van der Waals surface area contributed by atoms with Gasteiger partial charge in [0.25, 0.3) is 0 Å². The summed E-state index contributed by atoms with van der Waals surface area (Å²) >= 11 is 0. The molecular formula is C85H173N4O12Si+. The molecule has 0 unspecified atom stereocenters. The van der Waals surface area contributed by atoms with E-state index in [9.17, 15) is 45.0 Å². The van der Waals surface area contributed by atoms with Crippen molar-refractivity contribution in [1.29, 1.82) is 0 Å². The fourth-order valence-corrected chi connectivity index (χ4v) is 16.9. The number of carbonyl (C=O) groups excluding carboxylic acids is 3. The van der Waals surface area contributed by atoms with Crippen molar-refractivity contribution < 1.29 is 62.8 Å². The molecule has 102 heavy (non-hydrogen) atoms. The van der Waals surface area contributed by atoms with Crippen molar-refractivity contribution >= 4 is 26.5 Å². The van der Waals surface area contributed by atoms with Crippen molar-refractivity contribution in [3.63, 3.8) is 0 Å². The summed E-state index contributed by atoms with van der Waals surface area (Å²) < 4.78 is 21.4. The zero-order chi connectivity index (χ0) is 75.1. The van der Waals surface area contributed by atoms with Gasteiger partial charge in [0, 0.05) is 31.7 Å². The molecule has 0 spiro atoms. The fraction of sp³-hybridized carbons (Fsp3) is 0.965. The third-order valence-electron chi connectivity index (χ3n) is 21.6. The Kier molecular flexibility index (Phi) is 69.6. The van der Waals surface area contributed by atoms with E-state index in [0.717, 1.165) is 77.2 Å². The predicted octanol–water partition coefficient (Wildman–Crippen LogP) is 19.4. The first-order chi connectivity index (χ1) is 49.6. The summed E-state index contributed by atoms with van der Waals surface area (Å²) in [5, 5.41) is 75.6. The summed E-state index contributed by atoms with van der Waals surface area (Å²) in [7, 11) is 0.0115. The summed E-state index contributed by atoms with van der Waals surface area (Å²) in [6.07, 6.45) is 69.9. The molecule has 0 aliphatic rings.